The Morgan fingerprint density at radius 2 is 1.95 bits per heavy atom. The van der Waals surface area contributed by atoms with Crippen molar-refractivity contribution < 1.29 is 9.53 Å². The molecule has 1 amide bonds. The van der Waals surface area contributed by atoms with E-state index in [9.17, 15) is 4.79 Å². The highest BCUT2D eigenvalue weighted by atomic mass is 16.5. The molecule has 0 bridgehead atoms. The predicted octanol–water partition coefficient (Wildman–Crippen LogP) is 3.89. The fraction of sp³-hybridized carbons (Fsp3) is 0.588. The Morgan fingerprint density at radius 1 is 1.20 bits per heavy atom. The Hall–Kier alpha value is -1.51. The summed E-state index contributed by atoms with van der Waals surface area (Å²) in [4.78, 5) is 12.0. The van der Waals surface area contributed by atoms with Gasteiger partial charge in [0.2, 0.25) is 0 Å². The number of benzene rings is 1. The van der Waals surface area contributed by atoms with Gasteiger partial charge in [0.25, 0.3) is 5.91 Å². The molecule has 1 aromatic carbocycles. The van der Waals surface area contributed by atoms with Crippen LogP contribution in [-0.2, 0) is 0 Å². The van der Waals surface area contributed by atoms with Crippen LogP contribution >= 0.6 is 0 Å². The molecule has 1 rings (SSSR count). The van der Waals surface area contributed by atoms with Gasteiger partial charge in [0, 0.05) is 12.1 Å². The highest BCUT2D eigenvalue weighted by Crippen LogP contribution is 2.14. The minimum Gasteiger partial charge on any atom is -0.493 e. The fourth-order valence-electron chi connectivity index (χ4n) is 1.80. The van der Waals surface area contributed by atoms with Crippen LogP contribution in [0.3, 0.4) is 0 Å². The Bertz CT molecular complexity index is 413. The van der Waals surface area contributed by atoms with Gasteiger partial charge < -0.3 is 10.1 Å². The van der Waals surface area contributed by atoms with Crippen molar-refractivity contribution in [1.29, 1.82) is 0 Å². The summed E-state index contributed by atoms with van der Waals surface area (Å²) in [6.45, 7) is 9.98. The maximum Gasteiger partial charge on any atom is 0.251 e. The van der Waals surface area contributed by atoms with E-state index >= 15 is 0 Å². The lowest BCUT2D eigenvalue weighted by Gasteiger charge is -2.10. The van der Waals surface area contributed by atoms with Gasteiger partial charge in [-0.15, -0.1) is 0 Å². The summed E-state index contributed by atoms with van der Waals surface area (Å²) in [7, 11) is 0. The van der Waals surface area contributed by atoms with Gasteiger partial charge in [-0.3, -0.25) is 4.79 Å². The molecule has 0 saturated heterocycles. The first-order chi connectivity index (χ1) is 9.49. The second-order valence-corrected chi connectivity index (χ2v) is 6.02. The third-order valence-electron chi connectivity index (χ3n) is 2.92. The molecule has 0 aliphatic rings. The highest BCUT2D eigenvalue weighted by Gasteiger charge is 2.06. The molecule has 0 atom stereocenters. The monoisotopic (exact) mass is 277 g/mol. The number of carbonyl (C=O) groups is 1. The van der Waals surface area contributed by atoms with E-state index in [1.165, 1.54) is 0 Å². The number of carbonyl (C=O) groups excluding carboxylic acids is 1. The van der Waals surface area contributed by atoms with Crippen molar-refractivity contribution in [1.82, 2.24) is 5.32 Å². The average Bonchev–Trinajstić information content (AvgIpc) is 2.41. The first kappa shape index (κ1) is 16.5. The van der Waals surface area contributed by atoms with E-state index in [2.05, 4.69) is 33.0 Å². The predicted molar refractivity (Wildman–Crippen MR) is 83.2 cm³/mol. The summed E-state index contributed by atoms with van der Waals surface area (Å²) in [5.74, 6) is 1.89. The second kappa shape index (κ2) is 8.62. The van der Waals surface area contributed by atoms with Crippen molar-refractivity contribution in [2.24, 2.45) is 11.8 Å². The van der Waals surface area contributed by atoms with Crippen molar-refractivity contribution >= 4 is 5.91 Å². The lowest BCUT2D eigenvalue weighted by molar-refractivity contribution is 0.0952. The quantitative estimate of drug-likeness (QED) is 0.732. The Labute approximate surface area is 122 Å². The topological polar surface area (TPSA) is 38.3 Å². The molecule has 0 unspecified atom stereocenters. The van der Waals surface area contributed by atoms with E-state index in [4.69, 9.17) is 4.74 Å². The van der Waals surface area contributed by atoms with E-state index in [0.717, 1.165) is 25.1 Å². The lowest BCUT2D eigenvalue weighted by Crippen LogP contribution is -2.24. The summed E-state index contributed by atoms with van der Waals surface area (Å²) in [6, 6.07) is 7.37. The molecular weight excluding hydrogens is 250 g/mol. The van der Waals surface area contributed by atoms with Crippen LogP contribution in [0.25, 0.3) is 0 Å². The van der Waals surface area contributed by atoms with Crippen LogP contribution in [0.4, 0.5) is 0 Å². The van der Waals surface area contributed by atoms with Crippen LogP contribution in [0.2, 0.25) is 0 Å². The van der Waals surface area contributed by atoms with Gasteiger partial charge in [-0.2, -0.15) is 0 Å². The SMILES string of the molecule is CC(C)CCCNC(=O)c1cccc(OCC(C)C)c1. The maximum absolute atomic E-state index is 12.0. The molecule has 112 valence electrons. The number of nitrogens with one attached hydrogen (secondary N) is 1. The Kier molecular flexibility index (Phi) is 7.13. The smallest absolute Gasteiger partial charge is 0.251 e. The zero-order valence-corrected chi connectivity index (χ0v) is 13.1. The molecule has 0 aliphatic heterocycles. The zero-order chi connectivity index (χ0) is 15.0. The molecule has 1 aromatic rings. The van der Waals surface area contributed by atoms with Crippen LogP contribution in [0.15, 0.2) is 24.3 Å². The normalized spacial score (nSPS) is 10.9. The zero-order valence-electron chi connectivity index (χ0n) is 13.1. The molecular formula is C17H27NO2. The van der Waals surface area contributed by atoms with Gasteiger partial charge >= 0.3 is 0 Å². The van der Waals surface area contributed by atoms with E-state index < -0.39 is 0 Å². The summed E-state index contributed by atoms with van der Waals surface area (Å²) in [6.07, 6.45) is 2.16. The molecule has 0 heterocycles. The van der Waals surface area contributed by atoms with Gasteiger partial charge in [-0.25, -0.2) is 0 Å². The third kappa shape index (κ3) is 6.60. The molecule has 0 radical (unpaired) electrons. The first-order valence-corrected chi connectivity index (χ1v) is 7.50. The van der Waals surface area contributed by atoms with E-state index in [-0.39, 0.29) is 5.91 Å². The van der Waals surface area contributed by atoms with Gasteiger partial charge in [-0.1, -0.05) is 33.8 Å². The van der Waals surface area contributed by atoms with Crippen LogP contribution in [0, 0.1) is 11.8 Å². The third-order valence-corrected chi connectivity index (χ3v) is 2.92. The summed E-state index contributed by atoms with van der Waals surface area (Å²) in [5.41, 5.74) is 0.663. The lowest BCUT2D eigenvalue weighted by atomic mass is 10.1. The second-order valence-electron chi connectivity index (χ2n) is 6.02. The Morgan fingerprint density at radius 3 is 2.60 bits per heavy atom. The van der Waals surface area contributed by atoms with Crippen LogP contribution in [0.1, 0.15) is 50.9 Å². The van der Waals surface area contributed by atoms with Crippen molar-refractivity contribution in [2.75, 3.05) is 13.2 Å². The number of rotatable bonds is 8. The molecule has 3 nitrogen and oxygen atoms in total. The van der Waals surface area contributed by atoms with Crippen molar-refractivity contribution in [3.05, 3.63) is 29.8 Å². The molecule has 0 aliphatic carbocycles. The maximum atomic E-state index is 12.0. The molecule has 0 aromatic heterocycles. The van der Waals surface area contributed by atoms with Crippen LogP contribution in [0.5, 0.6) is 5.75 Å². The van der Waals surface area contributed by atoms with Crippen LogP contribution in [-0.4, -0.2) is 19.1 Å². The number of amides is 1. The standard InChI is InChI=1S/C17H27NO2/c1-13(2)7-6-10-18-17(19)15-8-5-9-16(11-15)20-12-14(3)4/h5,8-9,11,13-14H,6-7,10,12H2,1-4H3,(H,18,19). The molecule has 0 fully saturated rings. The van der Waals surface area contributed by atoms with Gasteiger partial charge in [0.15, 0.2) is 0 Å². The summed E-state index contributed by atoms with van der Waals surface area (Å²) >= 11 is 0. The minimum absolute atomic E-state index is 0.0243. The molecule has 0 saturated carbocycles. The number of ether oxygens (including phenoxy) is 1. The molecule has 20 heavy (non-hydrogen) atoms. The molecule has 3 heteroatoms. The summed E-state index contributed by atoms with van der Waals surface area (Å²) < 4.78 is 5.64. The van der Waals surface area contributed by atoms with Gasteiger partial charge in [0.1, 0.15) is 5.75 Å². The Balaban J connectivity index is 2.45. The molecule has 0 spiro atoms. The number of hydrogen-bond acceptors (Lipinski definition) is 2. The highest BCUT2D eigenvalue weighted by molar-refractivity contribution is 5.94. The average molecular weight is 277 g/mol. The fourth-order valence-corrected chi connectivity index (χ4v) is 1.80. The van der Waals surface area contributed by atoms with E-state index in [1.54, 1.807) is 6.07 Å². The van der Waals surface area contributed by atoms with Gasteiger partial charge in [0.05, 0.1) is 6.61 Å². The van der Waals surface area contributed by atoms with Gasteiger partial charge in [-0.05, 0) is 42.9 Å². The van der Waals surface area contributed by atoms with Crippen LogP contribution < -0.4 is 10.1 Å². The van der Waals surface area contributed by atoms with E-state index in [1.807, 2.05) is 18.2 Å². The van der Waals surface area contributed by atoms with Crippen molar-refractivity contribution in [3.63, 3.8) is 0 Å². The number of hydrogen-bond donors (Lipinski definition) is 1. The van der Waals surface area contributed by atoms with Crippen molar-refractivity contribution in [3.8, 4) is 5.75 Å². The minimum atomic E-state index is -0.0243. The van der Waals surface area contributed by atoms with E-state index in [0.29, 0.717) is 24.0 Å². The first-order valence-electron chi connectivity index (χ1n) is 7.50. The summed E-state index contributed by atoms with van der Waals surface area (Å²) in [5, 5.41) is 2.95. The largest absolute Gasteiger partial charge is 0.493 e. The molecule has 1 N–H and O–H groups in total. The van der Waals surface area contributed by atoms with Crippen molar-refractivity contribution in [2.45, 2.75) is 40.5 Å².